The fraction of sp³-hybridized carbons (Fsp3) is 0.0588. The van der Waals surface area contributed by atoms with Gasteiger partial charge in [-0.3, -0.25) is 0 Å². The molecule has 0 aliphatic heterocycles. The molecule has 2 nitrogen and oxygen atoms in total. The van der Waals surface area contributed by atoms with Gasteiger partial charge < -0.3 is 10.2 Å². The maximum absolute atomic E-state index is 10.2. The van der Waals surface area contributed by atoms with Gasteiger partial charge in [0.05, 0.1) is 0 Å². The number of phenolic OH excluding ortho intramolecular Hbond substituents is 2. The van der Waals surface area contributed by atoms with Crippen molar-refractivity contribution in [3.63, 3.8) is 0 Å². The molecule has 0 amide bonds. The first kappa shape index (κ1) is 11.6. The second-order valence-electron chi connectivity index (χ2n) is 4.65. The molecule has 2 heteroatoms. The summed E-state index contributed by atoms with van der Waals surface area (Å²) in [7, 11) is 0. The zero-order valence-corrected chi connectivity index (χ0v) is 10.6. The van der Waals surface area contributed by atoms with Crippen LogP contribution in [-0.2, 0) is 0 Å². The molecular weight excluding hydrogens is 236 g/mol. The van der Waals surface area contributed by atoms with Crippen molar-refractivity contribution in [2.24, 2.45) is 0 Å². The van der Waals surface area contributed by atoms with Gasteiger partial charge in [-0.1, -0.05) is 42.5 Å². The van der Waals surface area contributed by atoms with Gasteiger partial charge in [0.2, 0.25) is 0 Å². The number of phenols is 2. The van der Waals surface area contributed by atoms with Crippen molar-refractivity contribution in [3.8, 4) is 22.6 Å². The minimum Gasteiger partial charge on any atom is -0.507 e. The van der Waals surface area contributed by atoms with E-state index in [4.69, 9.17) is 0 Å². The highest BCUT2D eigenvalue weighted by atomic mass is 16.3. The molecule has 94 valence electrons. The molecule has 0 aliphatic rings. The molecule has 0 fully saturated rings. The van der Waals surface area contributed by atoms with Gasteiger partial charge in [0.15, 0.2) is 0 Å². The summed E-state index contributed by atoms with van der Waals surface area (Å²) in [4.78, 5) is 0. The summed E-state index contributed by atoms with van der Waals surface area (Å²) in [6.07, 6.45) is 0. The summed E-state index contributed by atoms with van der Waals surface area (Å²) in [5.74, 6) is 0.370. The van der Waals surface area contributed by atoms with Gasteiger partial charge in [0, 0.05) is 11.1 Å². The molecule has 0 radical (unpaired) electrons. The van der Waals surface area contributed by atoms with E-state index in [2.05, 4.69) is 0 Å². The number of rotatable bonds is 1. The molecule has 0 aliphatic carbocycles. The molecular formula is C17H14O2. The average molecular weight is 250 g/mol. The lowest BCUT2D eigenvalue weighted by Crippen LogP contribution is -1.87. The molecule has 0 heterocycles. The van der Waals surface area contributed by atoms with Gasteiger partial charge >= 0.3 is 0 Å². The fourth-order valence-electron chi connectivity index (χ4n) is 2.50. The van der Waals surface area contributed by atoms with Gasteiger partial charge in [-0.05, 0) is 35.4 Å². The summed E-state index contributed by atoms with van der Waals surface area (Å²) in [6.45, 7) is 1.93. The van der Waals surface area contributed by atoms with E-state index in [1.807, 2.05) is 43.3 Å². The first-order chi connectivity index (χ1) is 9.18. The first-order valence-electron chi connectivity index (χ1n) is 6.18. The second kappa shape index (κ2) is 4.32. The Bertz CT molecular complexity index is 740. The molecule has 0 bridgehead atoms. The molecule has 0 atom stereocenters. The van der Waals surface area contributed by atoms with E-state index in [0.29, 0.717) is 11.1 Å². The molecule has 0 saturated carbocycles. The van der Waals surface area contributed by atoms with Gasteiger partial charge in [0.1, 0.15) is 11.5 Å². The first-order valence-corrected chi connectivity index (χ1v) is 6.18. The van der Waals surface area contributed by atoms with Crippen molar-refractivity contribution >= 4 is 10.8 Å². The summed E-state index contributed by atoms with van der Waals surface area (Å²) < 4.78 is 0. The third-order valence-electron chi connectivity index (χ3n) is 3.41. The topological polar surface area (TPSA) is 40.5 Å². The molecule has 0 spiro atoms. The molecule has 3 rings (SSSR count). The van der Waals surface area contributed by atoms with Crippen molar-refractivity contribution in [2.75, 3.05) is 0 Å². The van der Waals surface area contributed by atoms with Crippen molar-refractivity contribution < 1.29 is 10.2 Å². The van der Waals surface area contributed by atoms with E-state index < -0.39 is 0 Å². The van der Waals surface area contributed by atoms with E-state index in [9.17, 15) is 10.2 Å². The predicted octanol–water partition coefficient (Wildman–Crippen LogP) is 4.23. The normalized spacial score (nSPS) is 10.8. The van der Waals surface area contributed by atoms with E-state index in [1.54, 1.807) is 18.2 Å². The highest BCUT2D eigenvalue weighted by molar-refractivity contribution is 6.01. The van der Waals surface area contributed by atoms with E-state index in [1.165, 1.54) is 0 Å². The summed E-state index contributed by atoms with van der Waals surface area (Å²) in [6, 6.07) is 16.8. The quantitative estimate of drug-likeness (QED) is 0.678. The van der Waals surface area contributed by atoms with Gasteiger partial charge in [-0.2, -0.15) is 0 Å². The highest BCUT2D eigenvalue weighted by Crippen LogP contribution is 2.42. The highest BCUT2D eigenvalue weighted by Gasteiger charge is 2.14. The molecule has 3 aromatic carbocycles. The van der Waals surface area contributed by atoms with Crippen LogP contribution >= 0.6 is 0 Å². The predicted molar refractivity (Wildman–Crippen MR) is 77.5 cm³/mol. The molecule has 2 N–H and O–H groups in total. The van der Waals surface area contributed by atoms with Crippen LogP contribution in [0.2, 0.25) is 0 Å². The molecule has 0 aromatic heterocycles. The van der Waals surface area contributed by atoms with Gasteiger partial charge in [-0.15, -0.1) is 0 Å². The number of fused-ring (bicyclic) bond motifs is 1. The fourth-order valence-corrected chi connectivity index (χ4v) is 2.50. The van der Waals surface area contributed by atoms with Crippen LogP contribution in [0.5, 0.6) is 11.5 Å². The summed E-state index contributed by atoms with van der Waals surface area (Å²) in [5, 5.41) is 22.3. The largest absolute Gasteiger partial charge is 0.507 e. The van der Waals surface area contributed by atoms with Crippen molar-refractivity contribution in [1.29, 1.82) is 0 Å². The zero-order valence-electron chi connectivity index (χ0n) is 10.6. The Morgan fingerprint density at radius 3 is 2.21 bits per heavy atom. The van der Waals surface area contributed by atoms with Crippen LogP contribution in [0.4, 0.5) is 0 Å². The van der Waals surface area contributed by atoms with Crippen LogP contribution in [0.3, 0.4) is 0 Å². The lowest BCUT2D eigenvalue weighted by Gasteiger charge is -2.13. The number of benzene rings is 3. The maximum atomic E-state index is 10.2. The Labute approximate surface area is 111 Å². The van der Waals surface area contributed by atoms with E-state index in [-0.39, 0.29) is 11.5 Å². The van der Waals surface area contributed by atoms with Crippen LogP contribution in [0, 0.1) is 6.92 Å². The SMILES string of the molecule is Cc1cccc(O)c1-c1c(O)ccc2ccccc12. The van der Waals surface area contributed by atoms with Crippen LogP contribution in [0.1, 0.15) is 5.56 Å². The van der Waals surface area contributed by atoms with Crippen molar-refractivity contribution in [1.82, 2.24) is 0 Å². The third kappa shape index (κ3) is 1.82. The van der Waals surface area contributed by atoms with E-state index >= 15 is 0 Å². The van der Waals surface area contributed by atoms with Crippen LogP contribution < -0.4 is 0 Å². The smallest absolute Gasteiger partial charge is 0.124 e. The number of aromatic hydroxyl groups is 2. The minimum atomic E-state index is 0.184. The number of hydrogen-bond donors (Lipinski definition) is 2. The molecule has 3 aromatic rings. The van der Waals surface area contributed by atoms with E-state index in [0.717, 1.165) is 16.3 Å². The minimum absolute atomic E-state index is 0.184. The monoisotopic (exact) mass is 250 g/mol. The third-order valence-corrected chi connectivity index (χ3v) is 3.41. The average Bonchev–Trinajstić information content (AvgIpc) is 2.41. The Morgan fingerprint density at radius 1 is 0.684 bits per heavy atom. The van der Waals surface area contributed by atoms with Crippen molar-refractivity contribution in [2.45, 2.75) is 6.92 Å². The van der Waals surface area contributed by atoms with Crippen molar-refractivity contribution in [3.05, 3.63) is 60.2 Å². The number of aryl methyl sites for hydroxylation is 1. The van der Waals surface area contributed by atoms with Crippen LogP contribution in [-0.4, -0.2) is 10.2 Å². The van der Waals surface area contributed by atoms with Crippen LogP contribution in [0.25, 0.3) is 21.9 Å². The number of hydrogen-bond acceptors (Lipinski definition) is 2. The lowest BCUT2D eigenvalue weighted by molar-refractivity contribution is 0.469. The summed E-state index contributed by atoms with van der Waals surface area (Å²) >= 11 is 0. The zero-order chi connectivity index (χ0) is 13.4. The van der Waals surface area contributed by atoms with Crippen LogP contribution in [0.15, 0.2) is 54.6 Å². The Kier molecular flexibility index (Phi) is 2.64. The lowest BCUT2D eigenvalue weighted by atomic mass is 9.93. The summed E-state index contributed by atoms with van der Waals surface area (Å²) in [5.41, 5.74) is 2.32. The Hall–Kier alpha value is -2.48. The Morgan fingerprint density at radius 2 is 1.42 bits per heavy atom. The maximum Gasteiger partial charge on any atom is 0.124 e. The standard InChI is InChI=1S/C17H14O2/c1-11-5-4-8-14(18)16(11)17-13-7-3-2-6-12(13)9-10-15(17)19/h2-10,18-19H,1H3. The Balaban J connectivity index is 2.46. The van der Waals surface area contributed by atoms with Gasteiger partial charge in [-0.25, -0.2) is 0 Å². The second-order valence-corrected chi connectivity index (χ2v) is 4.65. The van der Waals surface area contributed by atoms with Gasteiger partial charge in [0.25, 0.3) is 0 Å². The molecule has 0 unspecified atom stereocenters. The molecule has 19 heavy (non-hydrogen) atoms. The molecule has 0 saturated heterocycles.